The van der Waals surface area contributed by atoms with Crippen LogP contribution in [0.2, 0.25) is 0 Å². The first-order chi connectivity index (χ1) is 10.7. The quantitative estimate of drug-likeness (QED) is 0.796. The second-order valence-corrected chi connectivity index (χ2v) is 5.63. The summed E-state index contributed by atoms with van der Waals surface area (Å²) in [7, 11) is 0. The van der Waals surface area contributed by atoms with Crippen LogP contribution in [-0.4, -0.2) is 18.7 Å². The number of carbonyl (C=O) groups is 1. The molecular formula is C19H20O3. The van der Waals surface area contributed by atoms with E-state index in [1.165, 1.54) is 0 Å². The Balaban J connectivity index is 1.68. The van der Waals surface area contributed by atoms with Gasteiger partial charge in [0.15, 0.2) is 12.1 Å². The van der Waals surface area contributed by atoms with Gasteiger partial charge < -0.3 is 9.47 Å². The lowest BCUT2D eigenvalue weighted by Crippen LogP contribution is -2.24. The Bertz CT molecular complexity index is 623. The van der Waals surface area contributed by atoms with Crippen LogP contribution in [0.1, 0.15) is 40.7 Å². The zero-order valence-electron chi connectivity index (χ0n) is 12.7. The topological polar surface area (TPSA) is 35.5 Å². The minimum absolute atomic E-state index is 0.0282. The first-order valence-corrected chi connectivity index (χ1v) is 7.72. The third-order valence-corrected chi connectivity index (χ3v) is 3.84. The molecule has 2 aromatic rings. The van der Waals surface area contributed by atoms with E-state index in [-0.39, 0.29) is 12.1 Å². The summed E-state index contributed by atoms with van der Waals surface area (Å²) in [6, 6.07) is 14.9. The van der Waals surface area contributed by atoms with E-state index in [9.17, 15) is 4.79 Å². The fourth-order valence-corrected chi connectivity index (χ4v) is 2.51. The summed E-state index contributed by atoms with van der Waals surface area (Å²) in [5.74, 6) is 0.771. The number of hydrogen-bond donors (Lipinski definition) is 0. The Morgan fingerprint density at radius 2 is 1.64 bits per heavy atom. The van der Waals surface area contributed by atoms with Crippen LogP contribution < -0.4 is 4.74 Å². The summed E-state index contributed by atoms with van der Waals surface area (Å²) in [6.07, 6.45) is 3.00. The third-order valence-electron chi connectivity index (χ3n) is 3.84. The van der Waals surface area contributed by atoms with Crippen molar-refractivity contribution in [3.63, 3.8) is 0 Å². The normalized spacial score (nSPS) is 18.0. The lowest BCUT2D eigenvalue weighted by Gasteiger charge is -2.23. The molecule has 1 fully saturated rings. The van der Waals surface area contributed by atoms with Gasteiger partial charge in [-0.3, -0.25) is 4.79 Å². The molecule has 0 N–H and O–H groups in total. The van der Waals surface area contributed by atoms with Crippen molar-refractivity contribution in [2.75, 3.05) is 6.61 Å². The molecule has 0 saturated carbocycles. The van der Waals surface area contributed by atoms with E-state index in [1.54, 1.807) is 12.1 Å². The molecule has 3 heteroatoms. The maximum absolute atomic E-state index is 12.4. The molecule has 1 saturated heterocycles. The van der Waals surface area contributed by atoms with Crippen LogP contribution in [0.4, 0.5) is 0 Å². The van der Waals surface area contributed by atoms with Gasteiger partial charge in [0.05, 0.1) is 6.61 Å². The van der Waals surface area contributed by atoms with Gasteiger partial charge in [-0.1, -0.05) is 29.8 Å². The molecule has 1 atom stereocenters. The standard InChI is InChI=1S/C19H20O3/c1-14-5-7-15(8-6-14)19(20)16-9-11-17(12-10-16)22-18-4-2-3-13-21-18/h5-12,18H,2-4,13H2,1H3. The number of carbonyl (C=O) groups excluding carboxylic acids is 1. The summed E-state index contributed by atoms with van der Waals surface area (Å²) in [4.78, 5) is 12.4. The predicted molar refractivity (Wildman–Crippen MR) is 85.3 cm³/mol. The van der Waals surface area contributed by atoms with Gasteiger partial charge in [-0.15, -0.1) is 0 Å². The summed E-state index contributed by atoms with van der Waals surface area (Å²) in [6.45, 7) is 2.77. The van der Waals surface area contributed by atoms with Crippen molar-refractivity contribution >= 4 is 5.78 Å². The van der Waals surface area contributed by atoms with Crippen LogP contribution in [0.3, 0.4) is 0 Å². The van der Waals surface area contributed by atoms with Gasteiger partial charge in [0.25, 0.3) is 0 Å². The monoisotopic (exact) mass is 296 g/mol. The van der Waals surface area contributed by atoms with Crippen LogP contribution in [0.15, 0.2) is 48.5 Å². The maximum atomic E-state index is 12.4. The highest BCUT2D eigenvalue weighted by molar-refractivity contribution is 6.09. The highest BCUT2D eigenvalue weighted by Gasteiger charge is 2.15. The summed E-state index contributed by atoms with van der Waals surface area (Å²) in [5, 5.41) is 0. The third kappa shape index (κ3) is 3.55. The molecule has 0 aromatic heterocycles. The predicted octanol–water partition coefficient (Wildman–Crippen LogP) is 4.13. The average molecular weight is 296 g/mol. The fraction of sp³-hybridized carbons (Fsp3) is 0.316. The van der Waals surface area contributed by atoms with E-state index >= 15 is 0 Å². The van der Waals surface area contributed by atoms with E-state index in [1.807, 2.05) is 43.3 Å². The van der Waals surface area contributed by atoms with E-state index in [2.05, 4.69) is 0 Å². The van der Waals surface area contributed by atoms with Gasteiger partial charge in [0.1, 0.15) is 5.75 Å². The smallest absolute Gasteiger partial charge is 0.199 e. The average Bonchev–Trinajstić information content (AvgIpc) is 2.57. The molecule has 0 spiro atoms. The Labute approximate surface area is 130 Å². The van der Waals surface area contributed by atoms with Gasteiger partial charge >= 0.3 is 0 Å². The molecule has 3 nitrogen and oxygen atoms in total. The van der Waals surface area contributed by atoms with Gasteiger partial charge in [-0.2, -0.15) is 0 Å². The number of aryl methyl sites for hydroxylation is 1. The first kappa shape index (κ1) is 14.8. The molecular weight excluding hydrogens is 276 g/mol. The van der Waals surface area contributed by atoms with Crippen molar-refractivity contribution in [2.45, 2.75) is 32.5 Å². The number of benzene rings is 2. The molecule has 1 heterocycles. The second kappa shape index (κ2) is 6.75. The number of hydrogen-bond acceptors (Lipinski definition) is 3. The van der Waals surface area contributed by atoms with Crippen LogP contribution >= 0.6 is 0 Å². The Morgan fingerprint density at radius 1 is 1.00 bits per heavy atom. The summed E-state index contributed by atoms with van der Waals surface area (Å²) >= 11 is 0. The molecule has 1 aliphatic rings. The molecule has 0 aliphatic carbocycles. The molecule has 0 radical (unpaired) electrons. The van der Waals surface area contributed by atoms with Crippen molar-refractivity contribution in [2.24, 2.45) is 0 Å². The molecule has 2 aromatic carbocycles. The second-order valence-electron chi connectivity index (χ2n) is 5.63. The van der Waals surface area contributed by atoms with Crippen molar-refractivity contribution in [3.05, 3.63) is 65.2 Å². The Kier molecular flexibility index (Phi) is 4.54. The van der Waals surface area contributed by atoms with E-state index in [0.717, 1.165) is 37.2 Å². The van der Waals surface area contributed by atoms with Gasteiger partial charge in [-0.05, 0) is 44.0 Å². The molecule has 3 rings (SSSR count). The molecule has 0 bridgehead atoms. The maximum Gasteiger partial charge on any atom is 0.199 e. The van der Waals surface area contributed by atoms with Crippen molar-refractivity contribution < 1.29 is 14.3 Å². The summed E-state index contributed by atoms with van der Waals surface area (Å²) < 4.78 is 11.3. The minimum Gasteiger partial charge on any atom is -0.465 e. The van der Waals surface area contributed by atoms with Crippen molar-refractivity contribution in [1.82, 2.24) is 0 Å². The molecule has 1 aliphatic heterocycles. The van der Waals surface area contributed by atoms with E-state index < -0.39 is 0 Å². The van der Waals surface area contributed by atoms with Crippen LogP contribution in [0.25, 0.3) is 0 Å². The molecule has 22 heavy (non-hydrogen) atoms. The lowest BCUT2D eigenvalue weighted by molar-refractivity contribution is -0.105. The minimum atomic E-state index is -0.160. The molecule has 1 unspecified atom stereocenters. The van der Waals surface area contributed by atoms with Crippen molar-refractivity contribution in [3.8, 4) is 5.75 Å². The van der Waals surface area contributed by atoms with Crippen LogP contribution in [-0.2, 0) is 4.74 Å². The highest BCUT2D eigenvalue weighted by atomic mass is 16.7. The van der Waals surface area contributed by atoms with E-state index in [0.29, 0.717) is 11.1 Å². The Morgan fingerprint density at radius 3 is 2.23 bits per heavy atom. The highest BCUT2D eigenvalue weighted by Crippen LogP contribution is 2.20. The number of ketones is 1. The van der Waals surface area contributed by atoms with Crippen LogP contribution in [0.5, 0.6) is 5.75 Å². The largest absolute Gasteiger partial charge is 0.465 e. The van der Waals surface area contributed by atoms with Crippen molar-refractivity contribution in [1.29, 1.82) is 0 Å². The summed E-state index contributed by atoms with van der Waals surface area (Å²) in [5.41, 5.74) is 2.52. The first-order valence-electron chi connectivity index (χ1n) is 7.72. The Hall–Kier alpha value is -2.13. The molecule has 114 valence electrons. The SMILES string of the molecule is Cc1ccc(C(=O)c2ccc(OC3CCCCO3)cc2)cc1. The lowest BCUT2D eigenvalue weighted by atomic mass is 10.0. The fourth-order valence-electron chi connectivity index (χ4n) is 2.51. The van der Waals surface area contributed by atoms with Gasteiger partial charge in [-0.25, -0.2) is 0 Å². The zero-order valence-corrected chi connectivity index (χ0v) is 12.7. The van der Waals surface area contributed by atoms with Gasteiger partial charge in [0.2, 0.25) is 0 Å². The number of rotatable bonds is 4. The van der Waals surface area contributed by atoms with Crippen LogP contribution in [0, 0.1) is 6.92 Å². The zero-order chi connectivity index (χ0) is 15.4. The van der Waals surface area contributed by atoms with E-state index in [4.69, 9.17) is 9.47 Å². The number of ether oxygens (including phenoxy) is 2. The van der Waals surface area contributed by atoms with Gasteiger partial charge in [0, 0.05) is 17.5 Å². The molecule has 0 amide bonds.